The van der Waals surface area contributed by atoms with E-state index in [1.807, 2.05) is 0 Å². The van der Waals surface area contributed by atoms with Gasteiger partial charge in [0.1, 0.15) is 5.82 Å². The number of amides is 1. The van der Waals surface area contributed by atoms with Gasteiger partial charge in [0.25, 0.3) is 5.69 Å². The van der Waals surface area contributed by atoms with E-state index in [1.165, 1.54) is 28.9 Å². The second-order valence-electron chi connectivity index (χ2n) is 6.95. The van der Waals surface area contributed by atoms with Gasteiger partial charge in [-0.1, -0.05) is 6.42 Å². The summed E-state index contributed by atoms with van der Waals surface area (Å²) in [5.74, 6) is -2.35. The van der Waals surface area contributed by atoms with Gasteiger partial charge in [0.15, 0.2) is 0 Å². The van der Waals surface area contributed by atoms with Gasteiger partial charge in [-0.15, -0.1) is 0 Å². The number of carbonyl (C=O) groups excluding carboxylic acids is 1. The van der Waals surface area contributed by atoms with Crippen LogP contribution in [0, 0.1) is 28.9 Å². The largest absolute Gasteiger partial charge is 0.391 e. The highest BCUT2D eigenvalue weighted by Crippen LogP contribution is 2.40. The van der Waals surface area contributed by atoms with Crippen molar-refractivity contribution in [2.45, 2.75) is 38.8 Å². The molecule has 0 radical (unpaired) electrons. The monoisotopic (exact) mass is 396 g/mol. The maximum Gasteiger partial charge on any atom is 0.391 e. The van der Waals surface area contributed by atoms with Gasteiger partial charge in [0, 0.05) is 24.1 Å². The van der Waals surface area contributed by atoms with Crippen molar-refractivity contribution < 1.29 is 22.9 Å². The fourth-order valence-corrected chi connectivity index (χ4v) is 3.45. The Labute approximate surface area is 158 Å². The molecule has 2 atom stereocenters. The van der Waals surface area contributed by atoms with Crippen LogP contribution in [0.15, 0.2) is 30.3 Å². The molecule has 1 heterocycles. The summed E-state index contributed by atoms with van der Waals surface area (Å²) in [6.45, 7) is 1.71. The van der Waals surface area contributed by atoms with Gasteiger partial charge in [0.05, 0.1) is 22.2 Å². The van der Waals surface area contributed by atoms with Gasteiger partial charge in [-0.05, 0) is 38.3 Å². The number of nitro benzene ring substituents is 1. The average molecular weight is 396 g/mol. The second-order valence-corrected chi connectivity index (χ2v) is 6.95. The Balaban J connectivity index is 1.77. The number of aromatic nitrogens is 2. The first-order valence-electron chi connectivity index (χ1n) is 8.84. The minimum Gasteiger partial charge on any atom is -0.310 e. The predicted molar refractivity (Wildman–Crippen MR) is 95.1 cm³/mol. The van der Waals surface area contributed by atoms with E-state index in [-0.39, 0.29) is 18.5 Å². The molecule has 1 N–H and O–H groups in total. The first kappa shape index (κ1) is 19.8. The summed E-state index contributed by atoms with van der Waals surface area (Å²) >= 11 is 0. The molecule has 0 aliphatic heterocycles. The predicted octanol–water partition coefficient (Wildman–Crippen LogP) is 4.40. The van der Waals surface area contributed by atoms with E-state index >= 15 is 0 Å². The Morgan fingerprint density at radius 3 is 2.57 bits per heavy atom. The number of halogens is 3. The van der Waals surface area contributed by atoms with Crippen LogP contribution < -0.4 is 5.32 Å². The van der Waals surface area contributed by atoms with Crippen LogP contribution in [0.5, 0.6) is 0 Å². The van der Waals surface area contributed by atoms with Crippen molar-refractivity contribution in [2.75, 3.05) is 5.32 Å². The molecular formula is C18H19F3N4O3. The van der Waals surface area contributed by atoms with Crippen molar-refractivity contribution in [1.82, 2.24) is 9.78 Å². The molecule has 2 unspecified atom stereocenters. The van der Waals surface area contributed by atoms with Gasteiger partial charge in [-0.2, -0.15) is 18.3 Å². The zero-order valence-corrected chi connectivity index (χ0v) is 15.1. The molecule has 1 fully saturated rings. The van der Waals surface area contributed by atoms with E-state index in [1.54, 1.807) is 13.0 Å². The number of hydrogen-bond acceptors (Lipinski definition) is 4. The normalized spacial score (nSPS) is 20.0. The third-order valence-corrected chi connectivity index (χ3v) is 4.90. The Bertz CT molecular complexity index is 877. The number of aryl methyl sites for hydroxylation is 1. The topological polar surface area (TPSA) is 90.1 Å². The average Bonchev–Trinajstić information content (AvgIpc) is 3.01. The molecule has 1 aromatic heterocycles. The minimum absolute atomic E-state index is 0.0487. The zero-order chi connectivity index (χ0) is 20.5. The van der Waals surface area contributed by atoms with Crippen LogP contribution in [0.3, 0.4) is 0 Å². The van der Waals surface area contributed by atoms with E-state index < -0.39 is 28.8 Å². The summed E-state index contributed by atoms with van der Waals surface area (Å²) in [4.78, 5) is 22.8. The molecule has 2 aromatic rings. The number of nitrogens with zero attached hydrogens (tertiary/aromatic N) is 3. The molecule has 0 saturated heterocycles. The van der Waals surface area contributed by atoms with Gasteiger partial charge in [-0.25, -0.2) is 4.68 Å². The van der Waals surface area contributed by atoms with Crippen LogP contribution in [-0.4, -0.2) is 26.8 Å². The SMILES string of the molecule is Cc1cc(NC(=O)C2CCCC(C(F)(F)F)C2)n(-c2ccc([N+](=O)[O-])cc2)n1. The summed E-state index contributed by atoms with van der Waals surface area (Å²) < 4.78 is 40.4. The molecule has 0 bridgehead atoms. The van der Waals surface area contributed by atoms with E-state index in [0.29, 0.717) is 30.0 Å². The first-order chi connectivity index (χ1) is 13.1. The van der Waals surface area contributed by atoms with Gasteiger partial charge < -0.3 is 5.32 Å². The standard InChI is InChI=1S/C18H19F3N4O3/c1-11-9-16(24(23-11)14-5-7-15(8-6-14)25(27)28)22-17(26)12-3-2-4-13(10-12)18(19,20)21/h5-9,12-13H,2-4,10H2,1H3,(H,22,26). The van der Waals surface area contributed by atoms with Crippen LogP contribution in [0.25, 0.3) is 5.69 Å². The van der Waals surface area contributed by atoms with E-state index in [2.05, 4.69) is 10.4 Å². The fourth-order valence-electron chi connectivity index (χ4n) is 3.45. The van der Waals surface area contributed by atoms with Gasteiger partial charge in [-0.3, -0.25) is 14.9 Å². The van der Waals surface area contributed by atoms with Crippen molar-refractivity contribution in [3.05, 3.63) is 46.1 Å². The Hall–Kier alpha value is -2.91. The smallest absolute Gasteiger partial charge is 0.310 e. The highest BCUT2D eigenvalue weighted by atomic mass is 19.4. The zero-order valence-electron chi connectivity index (χ0n) is 15.1. The molecule has 0 spiro atoms. The Kier molecular flexibility index (Phi) is 5.39. The molecule has 28 heavy (non-hydrogen) atoms. The molecule has 150 valence electrons. The maximum atomic E-state index is 13.0. The third-order valence-electron chi connectivity index (χ3n) is 4.90. The van der Waals surface area contributed by atoms with Gasteiger partial charge >= 0.3 is 6.18 Å². The lowest BCUT2D eigenvalue weighted by molar-refractivity contribution is -0.384. The summed E-state index contributed by atoms with van der Waals surface area (Å²) in [6, 6.07) is 7.20. The summed E-state index contributed by atoms with van der Waals surface area (Å²) in [5.41, 5.74) is 0.995. The highest BCUT2D eigenvalue weighted by Gasteiger charge is 2.43. The van der Waals surface area contributed by atoms with E-state index in [4.69, 9.17) is 0 Å². The molecule has 1 aliphatic rings. The molecule has 3 rings (SSSR count). The van der Waals surface area contributed by atoms with Crippen LogP contribution in [0.4, 0.5) is 24.7 Å². The molecule has 10 heteroatoms. The fraction of sp³-hybridized carbons (Fsp3) is 0.444. The molecule has 1 aliphatic carbocycles. The summed E-state index contributed by atoms with van der Waals surface area (Å²) in [7, 11) is 0. The van der Waals surface area contributed by atoms with Crippen molar-refractivity contribution in [1.29, 1.82) is 0 Å². The van der Waals surface area contributed by atoms with Crippen molar-refractivity contribution in [3.63, 3.8) is 0 Å². The molecular weight excluding hydrogens is 377 g/mol. The third kappa shape index (κ3) is 4.32. The molecule has 1 saturated carbocycles. The lowest BCUT2D eigenvalue weighted by atomic mass is 9.80. The highest BCUT2D eigenvalue weighted by molar-refractivity contribution is 5.92. The Morgan fingerprint density at radius 2 is 1.96 bits per heavy atom. The number of alkyl halides is 3. The summed E-state index contributed by atoms with van der Waals surface area (Å²) in [5, 5.41) is 17.7. The number of nitrogens with one attached hydrogen (secondary N) is 1. The maximum absolute atomic E-state index is 13.0. The quantitative estimate of drug-likeness (QED) is 0.613. The Morgan fingerprint density at radius 1 is 1.29 bits per heavy atom. The van der Waals surface area contributed by atoms with E-state index in [9.17, 15) is 28.1 Å². The number of rotatable bonds is 4. The number of anilines is 1. The molecule has 1 aromatic carbocycles. The van der Waals surface area contributed by atoms with Crippen LogP contribution in [0.1, 0.15) is 31.4 Å². The summed E-state index contributed by atoms with van der Waals surface area (Å²) in [6.07, 6.45) is -3.71. The first-order valence-corrected chi connectivity index (χ1v) is 8.84. The van der Waals surface area contributed by atoms with Crippen molar-refractivity contribution in [2.24, 2.45) is 11.8 Å². The van der Waals surface area contributed by atoms with Crippen molar-refractivity contribution >= 4 is 17.4 Å². The minimum atomic E-state index is -4.30. The number of benzene rings is 1. The lowest BCUT2D eigenvalue weighted by Crippen LogP contribution is -2.34. The number of nitro groups is 1. The molecule has 1 amide bonds. The van der Waals surface area contributed by atoms with Crippen LogP contribution in [-0.2, 0) is 4.79 Å². The van der Waals surface area contributed by atoms with Crippen LogP contribution in [0.2, 0.25) is 0 Å². The van der Waals surface area contributed by atoms with Crippen molar-refractivity contribution in [3.8, 4) is 5.69 Å². The second kappa shape index (κ2) is 7.61. The van der Waals surface area contributed by atoms with Crippen LogP contribution >= 0.6 is 0 Å². The number of non-ortho nitro benzene ring substituents is 1. The molecule has 7 nitrogen and oxygen atoms in total. The number of carbonyl (C=O) groups is 1. The lowest BCUT2D eigenvalue weighted by Gasteiger charge is -2.29. The van der Waals surface area contributed by atoms with Gasteiger partial charge in [0.2, 0.25) is 5.91 Å². The van der Waals surface area contributed by atoms with E-state index in [0.717, 1.165) is 0 Å². The number of hydrogen-bond donors (Lipinski definition) is 1.